The summed E-state index contributed by atoms with van der Waals surface area (Å²) in [6.07, 6.45) is 1.48. The van der Waals surface area contributed by atoms with Crippen LogP contribution >= 0.6 is 27.5 Å². The first-order valence-corrected chi connectivity index (χ1v) is 7.25. The predicted octanol–water partition coefficient (Wildman–Crippen LogP) is 2.73. The van der Waals surface area contributed by atoms with Crippen molar-refractivity contribution in [1.29, 1.82) is 0 Å². The van der Waals surface area contributed by atoms with Gasteiger partial charge in [-0.1, -0.05) is 24.9 Å². The molecule has 1 saturated heterocycles. The molecule has 1 N–H and O–H groups in total. The minimum absolute atomic E-state index is 0.0387. The van der Waals surface area contributed by atoms with E-state index in [1.165, 1.54) is 4.90 Å². The fourth-order valence-electron chi connectivity index (χ4n) is 2.07. The van der Waals surface area contributed by atoms with Crippen LogP contribution in [0.4, 0.5) is 5.69 Å². The highest BCUT2D eigenvalue weighted by molar-refractivity contribution is 9.10. The molecule has 1 aromatic carbocycles. The quantitative estimate of drug-likeness (QED) is 0.916. The Morgan fingerprint density at radius 3 is 2.84 bits per heavy atom. The third-order valence-corrected chi connectivity index (χ3v) is 4.23. The summed E-state index contributed by atoms with van der Waals surface area (Å²) in [5, 5.41) is 3.24. The third kappa shape index (κ3) is 3.09. The SMILES string of the molecule is CCCC1NC(=O)CN(c2ccc(Br)c(Cl)c2)C1=O. The first kappa shape index (κ1) is 14.3. The van der Waals surface area contributed by atoms with Crippen LogP contribution in [0, 0.1) is 0 Å². The summed E-state index contributed by atoms with van der Waals surface area (Å²) >= 11 is 9.33. The normalized spacial score (nSPS) is 19.5. The molecule has 0 saturated carbocycles. The highest BCUT2D eigenvalue weighted by atomic mass is 79.9. The highest BCUT2D eigenvalue weighted by Crippen LogP contribution is 2.28. The number of hydrogen-bond donors (Lipinski definition) is 1. The molecule has 1 fully saturated rings. The minimum Gasteiger partial charge on any atom is -0.343 e. The van der Waals surface area contributed by atoms with Gasteiger partial charge >= 0.3 is 0 Å². The van der Waals surface area contributed by atoms with Crippen molar-refractivity contribution < 1.29 is 9.59 Å². The Labute approximate surface area is 125 Å². The van der Waals surface area contributed by atoms with Gasteiger partial charge in [0.05, 0.1) is 5.02 Å². The molecule has 2 rings (SSSR count). The molecule has 2 amide bonds. The zero-order chi connectivity index (χ0) is 14.0. The number of amides is 2. The number of nitrogens with one attached hydrogen (secondary N) is 1. The molecule has 0 aromatic heterocycles. The molecule has 1 unspecified atom stereocenters. The molecule has 1 aliphatic heterocycles. The molecule has 1 atom stereocenters. The maximum atomic E-state index is 12.3. The molecular formula is C13H14BrClN2O2. The fraction of sp³-hybridized carbons (Fsp3) is 0.385. The van der Waals surface area contributed by atoms with E-state index >= 15 is 0 Å². The third-order valence-electron chi connectivity index (χ3n) is 2.99. The zero-order valence-electron chi connectivity index (χ0n) is 10.5. The van der Waals surface area contributed by atoms with Gasteiger partial charge in [0, 0.05) is 10.2 Å². The summed E-state index contributed by atoms with van der Waals surface area (Å²) in [6.45, 7) is 2.02. The van der Waals surface area contributed by atoms with Crippen LogP contribution in [0.2, 0.25) is 5.02 Å². The summed E-state index contributed by atoms with van der Waals surface area (Å²) in [7, 11) is 0. The molecule has 0 aliphatic carbocycles. The van der Waals surface area contributed by atoms with Crippen LogP contribution in [-0.2, 0) is 9.59 Å². The molecule has 1 aromatic rings. The van der Waals surface area contributed by atoms with Crippen LogP contribution < -0.4 is 10.2 Å². The van der Waals surface area contributed by atoms with E-state index in [2.05, 4.69) is 21.2 Å². The number of halogens is 2. The molecular weight excluding hydrogens is 332 g/mol. The van der Waals surface area contributed by atoms with E-state index in [-0.39, 0.29) is 18.4 Å². The van der Waals surface area contributed by atoms with E-state index in [1.54, 1.807) is 18.2 Å². The number of hydrogen-bond acceptors (Lipinski definition) is 2. The fourth-order valence-corrected chi connectivity index (χ4v) is 2.49. The summed E-state index contributed by atoms with van der Waals surface area (Å²) in [5.41, 5.74) is 0.647. The summed E-state index contributed by atoms with van der Waals surface area (Å²) < 4.78 is 0.761. The van der Waals surface area contributed by atoms with E-state index < -0.39 is 6.04 Å². The van der Waals surface area contributed by atoms with Crippen molar-refractivity contribution in [2.45, 2.75) is 25.8 Å². The maximum absolute atomic E-state index is 12.3. The Morgan fingerprint density at radius 2 is 2.21 bits per heavy atom. The number of piperazine rings is 1. The van der Waals surface area contributed by atoms with Crippen LogP contribution in [0.25, 0.3) is 0 Å². The lowest BCUT2D eigenvalue weighted by Gasteiger charge is -2.32. The minimum atomic E-state index is -0.436. The summed E-state index contributed by atoms with van der Waals surface area (Å²) in [4.78, 5) is 25.5. The van der Waals surface area contributed by atoms with Crippen molar-refractivity contribution >= 4 is 45.0 Å². The first-order valence-electron chi connectivity index (χ1n) is 6.08. The van der Waals surface area contributed by atoms with Gasteiger partial charge in [-0.15, -0.1) is 0 Å². The van der Waals surface area contributed by atoms with Crippen molar-refractivity contribution in [3.05, 3.63) is 27.7 Å². The molecule has 1 aliphatic rings. The van der Waals surface area contributed by atoms with Gasteiger partial charge in [-0.2, -0.15) is 0 Å². The van der Waals surface area contributed by atoms with E-state index in [0.29, 0.717) is 17.1 Å². The van der Waals surface area contributed by atoms with Crippen molar-refractivity contribution in [3.63, 3.8) is 0 Å². The van der Waals surface area contributed by atoms with Crippen molar-refractivity contribution in [3.8, 4) is 0 Å². The van der Waals surface area contributed by atoms with Gasteiger partial charge in [-0.05, 0) is 40.5 Å². The molecule has 6 heteroatoms. The molecule has 102 valence electrons. The highest BCUT2D eigenvalue weighted by Gasteiger charge is 2.32. The van der Waals surface area contributed by atoms with Gasteiger partial charge in [-0.25, -0.2) is 0 Å². The average molecular weight is 346 g/mol. The molecule has 1 heterocycles. The van der Waals surface area contributed by atoms with Gasteiger partial charge in [0.25, 0.3) is 0 Å². The monoisotopic (exact) mass is 344 g/mol. The van der Waals surface area contributed by atoms with Gasteiger partial charge in [0.1, 0.15) is 12.6 Å². The Hall–Kier alpha value is -1.07. The molecule has 4 nitrogen and oxygen atoms in total. The van der Waals surface area contributed by atoms with Crippen LogP contribution in [0.1, 0.15) is 19.8 Å². The Bertz CT molecular complexity index is 521. The van der Waals surface area contributed by atoms with Crippen LogP contribution in [0.15, 0.2) is 22.7 Å². The lowest BCUT2D eigenvalue weighted by atomic mass is 10.1. The van der Waals surface area contributed by atoms with Gasteiger partial charge in [0.15, 0.2) is 0 Å². The summed E-state index contributed by atoms with van der Waals surface area (Å²) in [5.74, 6) is -0.225. The number of rotatable bonds is 3. The number of anilines is 1. The smallest absolute Gasteiger partial charge is 0.250 e. The second-order valence-corrected chi connectivity index (χ2v) is 5.69. The van der Waals surface area contributed by atoms with Gasteiger partial charge in [0.2, 0.25) is 11.8 Å². The average Bonchev–Trinajstić information content (AvgIpc) is 2.37. The number of carbonyl (C=O) groups excluding carboxylic acids is 2. The van der Waals surface area contributed by atoms with Crippen LogP contribution in [-0.4, -0.2) is 24.4 Å². The van der Waals surface area contributed by atoms with Crippen molar-refractivity contribution in [2.24, 2.45) is 0 Å². The molecule has 0 radical (unpaired) electrons. The van der Waals surface area contributed by atoms with Crippen molar-refractivity contribution in [1.82, 2.24) is 5.32 Å². The van der Waals surface area contributed by atoms with Crippen LogP contribution in [0.5, 0.6) is 0 Å². The van der Waals surface area contributed by atoms with E-state index in [4.69, 9.17) is 11.6 Å². The number of carbonyl (C=O) groups is 2. The van der Waals surface area contributed by atoms with Gasteiger partial charge < -0.3 is 10.2 Å². The Morgan fingerprint density at radius 1 is 1.47 bits per heavy atom. The number of benzene rings is 1. The first-order chi connectivity index (χ1) is 9.02. The second-order valence-electron chi connectivity index (χ2n) is 4.43. The Kier molecular flexibility index (Phi) is 4.47. The lowest BCUT2D eigenvalue weighted by molar-refractivity contribution is -0.131. The molecule has 0 bridgehead atoms. The second kappa shape index (κ2) is 5.92. The van der Waals surface area contributed by atoms with Crippen LogP contribution in [0.3, 0.4) is 0 Å². The molecule has 19 heavy (non-hydrogen) atoms. The predicted molar refractivity (Wildman–Crippen MR) is 78.3 cm³/mol. The Balaban J connectivity index is 2.28. The number of nitrogens with zero attached hydrogens (tertiary/aromatic N) is 1. The standard InChI is InChI=1S/C13H14BrClN2O2/c1-2-3-11-13(19)17(7-12(18)16-11)8-4-5-9(14)10(15)6-8/h4-6,11H,2-3,7H2,1H3,(H,16,18). The van der Waals surface area contributed by atoms with E-state index in [1.807, 2.05) is 6.92 Å². The largest absolute Gasteiger partial charge is 0.343 e. The molecule has 0 spiro atoms. The maximum Gasteiger partial charge on any atom is 0.250 e. The summed E-state index contributed by atoms with van der Waals surface area (Å²) in [6, 6.07) is 4.79. The van der Waals surface area contributed by atoms with Crippen molar-refractivity contribution in [2.75, 3.05) is 11.4 Å². The van der Waals surface area contributed by atoms with Gasteiger partial charge in [-0.3, -0.25) is 9.59 Å². The lowest BCUT2D eigenvalue weighted by Crippen LogP contribution is -2.58. The zero-order valence-corrected chi connectivity index (χ0v) is 12.8. The van der Waals surface area contributed by atoms with E-state index in [9.17, 15) is 9.59 Å². The topological polar surface area (TPSA) is 49.4 Å². The van der Waals surface area contributed by atoms with E-state index in [0.717, 1.165) is 10.9 Å².